The van der Waals surface area contributed by atoms with Crippen LogP contribution in [0.25, 0.3) is 0 Å². The number of nitrogens with one attached hydrogen (secondary N) is 1. The molecule has 1 amide bonds. The number of amides is 1. The molecule has 0 aliphatic carbocycles. The molecule has 0 saturated heterocycles. The maximum absolute atomic E-state index is 13.6. The molecule has 0 fully saturated rings. The molecule has 2 rings (SSSR count). The van der Waals surface area contributed by atoms with Crippen molar-refractivity contribution in [3.05, 3.63) is 62.8 Å². The number of hydrogen-bond acceptors (Lipinski definition) is 1. The van der Waals surface area contributed by atoms with E-state index in [0.717, 1.165) is 12.1 Å². The average Bonchev–Trinajstić information content (AvgIpc) is 2.37. The molecule has 0 spiro atoms. The highest BCUT2D eigenvalue weighted by Gasteiger charge is 2.16. The number of carbonyl (C=O) groups is 1. The lowest BCUT2D eigenvalue weighted by atomic mass is 10.2. The van der Waals surface area contributed by atoms with Gasteiger partial charge in [0.25, 0.3) is 5.91 Å². The molecule has 0 radical (unpaired) electrons. The first kappa shape index (κ1) is 14.9. The van der Waals surface area contributed by atoms with E-state index >= 15 is 0 Å². The number of hydrogen-bond donors (Lipinski definition) is 1. The molecule has 0 atom stereocenters. The van der Waals surface area contributed by atoms with Crippen LogP contribution in [0.1, 0.15) is 10.4 Å². The highest BCUT2D eigenvalue weighted by atomic mass is 79.9. The Bertz CT molecular complexity index is 694. The second-order valence-electron chi connectivity index (χ2n) is 3.82. The Balaban J connectivity index is 2.31. The summed E-state index contributed by atoms with van der Waals surface area (Å²) in [5.41, 5.74) is -0.269. The summed E-state index contributed by atoms with van der Waals surface area (Å²) < 4.78 is 40.0. The minimum Gasteiger partial charge on any atom is -0.321 e. The van der Waals surface area contributed by atoms with Gasteiger partial charge in [-0.15, -0.1) is 0 Å². The van der Waals surface area contributed by atoms with Gasteiger partial charge in [-0.1, -0.05) is 11.6 Å². The fourth-order valence-corrected chi connectivity index (χ4v) is 2.08. The maximum atomic E-state index is 13.6. The van der Waals surface area contributed by atoms with Crippen LogP contribution in [0.5, 0.6) is 0 Å². The van der Waals surface area contributed by atoms with Gasteiger partial charge in [-0.3, -0.25) is 4.79 Å². The van der Waals surface area contributed by atoms with E-state index in [1.54, 1.807) is 0 Å². The van der Waals surface area contributed by atoms with E-state index in [2.05, 4.69) is 21.2 Å². The molecule has 0 unspecified atom stereocenters. The Labute approximate surface area is 125 Å². The van der Waals surface area contributed by atoms with Crippen LogP contribution in [0.2, 0.25) is 5.02 Å². The van der Waals surface area contributed by atoms with Crippen molar-refractivity contribution in [2.75, 3.05) is 5.32 Å². The number of halogens is 5. The largest absolute Gasteiger partial charge is 0.321 e. The molecular formula is C13H6BrClF3NO. The van der Waals surface area contributed by atoms with Gasteiger partial charge >= 0.3 is 0 Å². The SMILES string of the molecule is O=C(Nc1ccc(F)cc1Br)c1cc(F)c(Cl)cc1F. The predicted molar refractivity (Wildman–Crippen MR) is 73.4 cm³/mol. The fraction of sp³-hybridized carbons (Fsp3) is 0. The first-order chi connectivity index (χ1) is 9.38. The number of rotatable bonds is 2. The van der Waals surface area contributed by atoms with E-state index in [1.165, 1.54) is 6.07 Å². The minimum absolute atomic E-state index is 0.228. The predicted octanol–water partition coefficient (Wildman–Crippen LogP) is 4.77. The highest BCUT2D eigenvalue weighted by Crippen LogP contribution is 2.25. The Hall–Kier alpha value is -1.53. The fourth-order valence-electron chi connectivity index (χ4n) is 1.48. The molecule has 2 aromatic rings. The molecule has 0 aromatic heterocycles. The zero-order valence-corrected chi connectivity index (χ0v) is 12.0. The van der Waals surface area contributed by atoms with Crippen LogP contribution in [0.15, 0.2) is 34.8 Å². The van der Waals surface area contributed by atoms with E-state index in [9.17, 15) is 18.0 Å². The van der Waals surface area contributed by atoms with E-state index in [1.807, 2.05) is 0 Å². The third kappa shape index (κ3) is 3.13. The second-order valence-corrected chi connectivity index (χ2v) is 5.09. The molecular weight excluding hydrogens is 359 g/mol. The van der Waals surface area contributed by atoms with Crippen molar-refractivity contribution >= 4 is 39.1 Å². The van der Waals surface area contributed by atoms with Gasteiger partial charge < -0.3 is 5.32 Å². The molecule has 104 valence electrons. The number of benzene rings is 2. The lowest BCUT2D eigenvalue weighted by Gasteiger charge is -2.08. The van der Waals surface area contributed by atoms with Gasteiger partial charge in [0.2, 0.25) is 0 Å². The standard InChI is InChI=1S/C13H6BrClF3NO/c14-8-3-6(16)1-2-12(8)19-13(20)7-4-11(18)9(15)5-10(7)17/h1-5H,(H,19,20). The quantitative estimate of drug-likeness (QED) is 0.764. The molecule has 2 nitrogen and oxygen atoms in total. The summed E-state index contributed by atoms with van der Waals surface area (Å²) in [6, 6.07) is 4.96. The van der Waals surface area contributed by atoms with Crippen LogP contribution in [0, 0.1) is 17.5 Å². The molecule has 2 aromatic carbocycles. The van der Waals surface area contributed by atoms with Gasteiger partial charge in [-0.05, 0) is 46.3 Å². The number of anilines is 1. The van der Waals surface area contributed by atoms with Crippen molar-refractivity contribution in [3.8, 4) is 0 Å². The maximum Gasteiger partial charge on any atom is 0.258 e. The van der Waals surface area contributed by atoms with Crippen molar-refractivity contribution in [2.45, 2.75) is 0 Å². The summed E-state index contributed by atoms with van der Waals surface area (Å²) in [6.45, 7) is 0. The van der Waals surface area contributed by atoms with Crippen LogP contribution >= 0.6 is 27.5 Å². The molecule has 0 aliphatic rings. The third-order valence-corrected chi connectivity index (χ3v) is 3.38. The van der Waals surface area contributed by atoms with Crippen molar-refractivity contribution in [1.82, 2.24) is 0 Å². The normalized spacial score (nSPS) is 10.4. The smallest absolute Gasteiger partial charge is 0.258 e. The molecule has 20 heavy (non-hydrogen) atoms. The topological polar surface area (TPSA) is 29.1 Å². The highest BCUT2D eigenvalue weighted by molar-refractivity contribution is 9.10. The Kier molecular flexibility index (Phi) is 4.35. The van der Waals surface area contributed by atoms with Gasteiger partial charge in [-0.2, -0.15) is 0 Å². The summed E-state index contributed by atoms with van der Waals surface area (Å²) in [5, 5.41) is 1.92. The minimum atomic E-state index is -0.952. The molecule has 0 saturated carbocycles. The summed E-state index contributed by atoms with van der Waals surface area (Å²) in [4.78, 5) is 11.9. The van der Waals surface area contributed by atoms with Crippen molar-refractivity contribution in [2.24, 2.45) is 0 Å². The van der Waals surface area contributed by atoms with Gasteiger partial charge in [0.05, 0.1) is 16.3 Å². The van der Waals surface area contributed by atoms with E-state index < -0.39 is 33.9 Å². The van der Waals surface area contributed by atoms with E-state index in [-0.39, 0.29) is 10.2 Å². The lowest BCUT2D eigenvalue weighted by molar-refractivity contribution is 0.102. The van der Waals surface area contributed by atoms with E-state index in [4.69, 9.17) is 11.6 Å². The monoisotopic (exact) mass is 363 g/mol. The average molecular weight is 365 g/mol. The van der Waals surface area contributed by atoms with Gasteiger partial charge in [0.1, 0.15) is 17.5 Å². The molecule has 0 aliphatic heterocycles. The van der Waals surface area contributed by atoms with E-state index in [0.29, 0.717) is 12.1 Å². The zero-order chi connectivity index (χ0) is 14.9. The van der Waals surface area contributed by atoms with Gasteiger partial charge in [0, 0.05) is 4.47 Å². The Morgan fingerprint density at radius 3 is 2.45 bits per heavy atom. The second kappa shape index (κ2) is 5.85. The van der Waals surface area contributed by atoms with Crippen LogP contribution in [-0.2, 0) is 0 Å². The number of carbonyl (C=O) groups excluding carboxylic acids is 1. The van der Waals surface area contributed by atoms with Crippen molar-refractivity contribution in [3.63, 3.8) is 0 Å². The third-order valence-electron chi connectivity index (χ3n) is 2.43. The van der Waals surface area contributed by atoms with Crippen LogP contribution in [0.3, 0.4) is 0 Å². The molecule has 0 bridgehead atoms. The van der Waals surface area contributed by atoms with Crippen LogP contribution in [0.4, 0.5) is 18.9 Å². The Morgan fingerprint density at radius 2 is 1.80 bits per heavy atom. The molecule has 0 heterocycles. The summed E-state index contributed by atoms with van der Waals surface area (Å²) in [6.07, 6.45) is 0. The Morgan fingerprint density at radius 1 is 1.10 bits per heavy atom. The van der Waals surface area contributed by atoms with Gasteiger partial charge in [0.15, 0.2) is 0 Å². The summed E-state index contributed by atoms with van der Waals surface area (Å²) >= 11 is 8.45. The molecule has 7 heteroatoms. The van der Waals surface area contributed by atoms with Crippen LogP contribution in [-0.4, -0.2) is 5.91 Å². The first-order valence-electron chi connectivity index (χ1n) is 5.29. The van der Waals surface area contributed by atoms with Gasteiger partial charge in [-0.25, -0.2) is 13.2 Å². The summed E-state index contributed by atoms with van der Waals surface area (Å²) in [7, 11) is 0. The van der Waals surface area contributed by atoms with Crippen molar-refractivity contribution < 1.29 is 18.0 Å². The molecule has 1 N–H and O–H groups in total. The summed E-state index contributed by atoms with van der Waals surface area (Å²) in [5.74, 6) is -3.23. The van der Waals surface area contributed by atoms with Crippen LogP contribution < -0.4 is 5.32 Å². The lowest BCUT2D eigenvalue weighted by Crippen LogP contribution is -2.14. The van der Waals surface area contributed by atoms with Crippen molar-refractivity contribution in [1.29, 1.82) is 0 Å². The first-order valence-corrected chi connectivity index (χ1v) is 6.46. The zero-order valence-electron chi connectivity index (χ0n) is 9.68.